The van der Waals surface area contributed by atoms with Gasteiger partial charge in [0.1, 0.15) is 4.75 Å². The van der Waals surface area contributed by atoms with Crippen molar-refractivity contribution in [2.75, 3.05) is 0 Å². The standard InChI is InChI=1S/C5H9O5S.Y/c1-5(2,4(6)8-3)11-10-9-7;/h7H,3H2,1-2H3;/q-1;/p-1. The smallest absolute Gasteiger partial charge is 0.292 e. The third kappa shape index (κ3) is 5.45. The molecule has 0 aliphatic rings. The van der Waals surface area contributed by atoms with Gasteiger partial charge in [-0.3, -0.25) is 9.83 Å². The molecule has 0 saturated heterocycles. The van der Waals surface area contributed by atoms with E-state index in [0.29, 0.717) is 12.0 Å². The van der Waals surface area contributed by atoms with Crippen molar-refractivity contribution in [2.45, 2.75) is 18.6 Å². The molecule has 0 rings (SSSR count). The van der Waals surface area contributed by atoms with E-state index in [1.54, 1.807) is 0 Å². The third-order valence-corrected chi connectivity index (χ3v) is 1.60. The minimum absolute atomic E-state index is 0. The maximum absolute atomic E-state index is 10.8. The second-order valence-electron chi connectivity index (χ2n) is 2.16. The van der Waals surface area contributed by atoms with Gasteiger partial charge >= 0.3 is 0 Å². The summed E-state index contributed by atoms with van der Waals surface area (Å²) in [6.07, 6.45) is 0. The summed E-state index contributed by atoms with van der Waals surface area (Å²) in [5.74, 6) is -0.598. The molecule has 69 valence electrons. The van der Waals surface area contributed by atoms with Crippen LogP contribution in [0.2, 0.25) is 0 Å². The molecule has 0 aromatic rings. The van der Waals surface area contributed by atoms with Crippen LogP contribution in [0, 0.1) is 7.11 Å². The zero-order valence-electron chi connectivity index (χ0n) is 6.73. The molecule has 0 aromatic heterocycles. The van der Waals surface area contributed by atoms with Crippen molar-refractivity contribution in [3.63, 3.8) is 0 Å². The summed E-state index contributed by atoms with van der Waals surface area (Å²) in [6, 6.07) is 0. The Hall–Kier alpha value is 0.804. The molecule has 1 radical (unpaired) electrons. The predicted molar refractivity (Wildman–Crippen MR) is 35.3 cm³/mol. The fraction of sp³-hybridized carbons (Fsp3) is 0.600. The van der Waals surface area contributed by atoms with Crippen LogP contribution in [0.15, 0.2) is 0 Å². The van der Waals surface area contributed by atoms with Gasteiger partial charge in [-0.25, -0.2) is 0 Å². The Labute approximate surface area is 100 Å². The first kappa shape index (κ1) is 15.3. The molecule has 0 unspecified atom stereocenters. The van der Waals surface area contributed by atoms with Crippen LogP contribution >= 0.6 is 12.0 Å². The third-order valence-electron chi connectivity index (χ3n) is 0.893. The second kappa shape index (κ2) is 7.23. The van der Waals surface area contributed by atoms with Crippen LogP contribution in [0.5, 0.6) is 0 Å². The van der Waals surface area contributed by atoms with Crippen LogP contribution in [0.3, 0.4) is 0 Å². The Balaban J connectivity index is 0. The summed E-state index contributed by atoms with van der Waals surface area (Å²) < 4.78 is 7.12. The Kier molecular flexibility index (Phi) is 9.21. The number of hydrogen-bond acceptors (Lipinski definition) is 6. The number of esters is 1. The minimum atomic E-state index is -0.994. The van der Waals surface area contributed by atoms with Crippen LogP contribution in [0.1, 0.15) is 13.8 Å². The van der Waals surface area contributed by atoms with Crippen LogP contribution in [-0.4, -0.2) is 10.7 Å². The van der Waals surface area contributed by atoms with Gasteiger partial charge in [0, 0.05) is 44.8 Å². The van der Waals surface area contributed by atoms with Crippen molar-refractivity contribution >= 4 is 18.0 Å². The summed E-state index contributed by atoms with van der Waals surface area (Å²) in [4.78, 5) is 10.8. The summed E-state index contributed by atoms with van der Waals surface area (Å²) >= 11 is 0.562. The zero-order valence-corrected chi connectivity index (χ0v) is 10.4. The molecule has 0 aliphatic carbocycles. The van der Waals surface area contributed by atoms with Gasteiger partial charge in [-0.15, -0.1) is 0 Å². The average molecular weight is 269 g/mol. The Morgan fingerprint density at radius 1 is 1.58 bits per heavy atom. The quantitative estimate of drug-likeness (QED) is 0.235. The molecule has 7 heteroatoms. The first-order valence-corrected chi connectivity index (χ1v) is 3.39. The minimum Gasteiger partial charge on any atom is -0.691 e. The second-order valence-corrected chi connectivity index (χ2v) is 3.48. The van der Waals surface area contributed by atoms with Gasteiger partial charge in [0.15, 0.2) is 0 Å². The van der Waals surface area contributed by atoms with Crippen molar-refractivity contribution in [1.29, 1.82) is 0 Å². The molecule has 0 amide bonds. The average Bonchev–Trinajstić information content (AvgIpc) is 1.99. The maximum Gasteiger partial charge on any atom is 0.292 e. The summed E-state index contributed by atoms with van der Waals surface area (Å²) in [5, 5.41) is 12.4. The fourth-order valence-corrected chi connectivity index (χ4v) is 0.632. The molecule has 0 heterocycles. The molecule has 0 aromatic carbocycles. The first-order valence-electron chi connectivity index (χ1n) is 2.65. The Morgan fingerprint density at radius 3 is 2.42 bits per heavy atom. The molecule has 0 N–H and O–H groups in total. The molecule has 0 atom stereocenters. The van der Waals surface area contributed by atoms with E-state index in [0.717, 1.165) is 0 Å². The molecule has 0 saturated carbocycles. The monoisotopic (exact) mass is 269 g/mol. The SMILES string of the molecule is [CH2-]OC(=O)C(C)(C)SOO[O-].[Y]. The van der Waals surface area contributed by atoms with E-state index in [-0.39, 0.29) is 32.7 Å². The molecule has 0 aliphatic heterocycles. The fourth-order valence-electron chi connectivity index (χ4n) is 0.307. The first-order chi connectivity index (χ1) is 5.04. The molecular formula is C5H8O5SY-2. The van der Waals surface area contributed by atoms with E-state index in [9.17, 15) is 10.1 Å². The van der Waals surface area contributed by atoms with Crippen molar-refractivity contribution < 1.29 is 56.9 Å². The molecular weight excluding hydrogens is 261 g/mol. The van der Waals surface area contributed by atoms with Gasteiger partial charge in [0.05, 0.1) is 0 Å². The number of hydrogen-bond donors (Lipinski definition) is 0. The van der Waals surface area contributed by atoms with Crippen LogP contribution < -0.4 is 5.26 Å². The summed E-state index contributed by atoms with van der Waals surface area (Å²) in [6.45, 7) is 3.01. The van der Waals surface area contributed by atoms with Gasteiger partial charge in [0.2, 0.25) is 0 Å². The van der Waals surface area contributed by atoms with Crippen LogP contribution in [-0.2, 0) is 51.6 Å². The topological polar surface area (TPSA) is 67.8 Å². The maximum atomic E-state index is 10.8. The van der Waals surface area contributed by atoms with E-state index in [1.165, 1.54) is 13.8 Å². The van der Waals surface area contributed by atoms with Crippen molar-refractivity contribution in [1.82, 2.24) is 0 Å². The normalized spacial score (nSPS) is 10.3. The molecule has 5 nitrogen and oxygen atoms in total. The molecule has 0 bridgehead atoms. The molecule has 0 fully saturated rings. The van der Waals surface area contributed by atoms with Crippen molar-refractivity contribution in [2.24, 2.45) is 0 Å². The van der Waals surface area contributed by atoms with Crippen LogP contribution in [0.4, 0.5) is 0 Å². The van der Waals surface area contributed by atoms with Gasteiger partial charge in [-0.1, -0.05) is 0 Å². The van der Waals surface area contributed by atoms with Gasteiger partial charge in [-0.2, -0.15) is 11.4 Å². The Bertz CT molecular complexity index is 140. The van der Waals surface area contributed by atoms with Gasteiger partial charge in [0.25, 0.3) is 5.97 Å². The van der Waals surface area contributed by atoms with E-state index in [4.69, 9.17) is 0 Å². The number of rotatable bonds is 4. The van der Waals surface area contributed by atoms with Gasteiger partial charge in [-0.05, 0) is 13.8 Å². The Morgan fingerprint density at radius 2 is 2.08 bits per heavy atom. The van der Waals surface area contributed by atoms with E-state index >= 15 is 0 Å². The largest absolute Gasteiger partial charge is 0.691 e. The number of carbonyl (C=O) groups excluding carboxylic acids is 1. The van der Waals surface area contributed by atoms with Crippen LogP contribution in [0.25, 0.3) is 0 Å². The van der Waals surface area contributed by atoms with E-state index < -0.39 is 10.7 Å². The summed E-state index contributed by atoms with van der Waals surface area (Å²) in [7, 11) is 2.92. The number of carbonyl (C=O) groups is 1. The van der Waals surface area contributed by atoms with E-state index in [2.05, 4.69) is 21.2 Å². The van der Waals surface area contributed by atoms with Crippen molar-refractivity contribution in [3.05, 3.63) is 7.11 Å². The van der Waals surface area contributed by atoms with Crippen molar-refractivity contribution in [3.8, 4) is 0 Å². The predicted octanol–water partition coefficient (Wildman–Crippen LogP) is -0.0310. The van der Waals surface area contributed by atoms with Gasteiger partial charge < -0.3 is 9.99 Å². The zero-order chi connectivity index (χ0) is 8.91. The summed E-state index contributed by atoms with van der Waals surface area (Å²) in [5.41, 5.74) is 0. The molecule has 12 heavy (non-hydrogen) atoms. The van der Waals surface area contributed by atoms with E-state index in [1.807, 2.05) is 0 Å². The number of ether oxygens (including phenoxy) is 1. The molecule has 0 spiro atoms.